The standard InChI is InChI=1S/C21H44O4S.K/c1-2-3-4-5-6-7-8-9-10-11-12-13-14-15-16-17-18-19-20-21-25-26(22,23)24;/h2-21H2,1H3,(H,22,23,24);/q;+1/p-1. The van der Waals surface area contributed by atoms with Gasteiger partial charge in [-0.1, -0.05) is 122 Å². The van der Waals surface area contributed by atoms with Gasteiger partial charge in [-0.2, -0.15) is 0 Å². The van der Waals surface area contributed by atoms with E-state index in [2.05, 4.69) is 11.1 Å². The maximum atomic E-state index is 10.2. The van der Waals surface area contributed by atoms with E-state index in [1.165, 1.54) is 103 Å². The van der Waals surface area contributed by atoms with Crippen LogP contribution in [0, 0.1) is 0 Å². The third-order valence-corrected chi connectivity index (χ3v) is 5.43. The molecular formula is C21H43KO4S. The number of hydrogen-bond acceptors (Lipinski definition) is 4. The molecule has 0 atom stereocenters. The first-order chi connectivity index (χ1) is 12.6. The van der Waals surface area contributed by atoms with Crippen LogP contribution in [0.1, 0.15) is 129 Å². The van der Waals surface area contributed by atoms with Crippen molar-refractivity contribution < 1.29 is 68.5 Å². The van der Waals surface area contributed by atoms with E-state index in [0.717, 1.165) is 12.8 Å². The first-order valence-corrected chi connectivity index (χ1v) is 12.5. The molecule has 6 heteroatoms. The van der Waals surface area contributed by atoms with Crippen molar-refractivity contribution in [2.45, 2.75) is 129 Å². The van der Waals surface area contributed by atoms with Crippen molar-refractivity contribution in [3.63, 3.8) is 0 Å². The molecule has 0 fully saturated rings. The molecule has 0 unspecified atom stereocenters. The van der Waals surface area contributed by atoms with Crippen LogP contribution in [0.2, 0.25) is 0 Å². The monoisotopic (exact) mass is 430 g/mol. The summed E-state index contributed by atoms with van der Waals surface area (Å²) in [6.45, 7) is 2.30. The van der Waals surface area contributed by atoms with Gasteiger partial charge in [0.1, 0.15) is 0 Å². The molecule has 27 heavy (non-hydrogen) atoms. The Balaban J connectivity index is 0. The quantitative estimate of drug-likeness (QED) is 0.120. The summed E-state index contributed by atoms with van der Waals surface area (Å²) in [5, 5.41) is 0. The fourth-order valence-electron chi connectivity index (χ4n) is 3.34. The van der Waals surface area contributed by atoms with Gasteiger partial charge in [0.15, 0.2) is 0 Å². The summed E-state index contributed by atoms with van der Waals surface area (Å²) >= 11 is 0. The molecule has 0 aliphatic heterocycles. The van der Waals surface area contributed by atoms with E-state index in [1.807, 2.05) is 0 Å². The van der Waals surface area contributed by atoms with Gasteiger partial charge >= 0.3 is 51.4 Å². The fraction of sp³-hybridized carbons (Fsp3) is 1.00. The van der Waals surface area contributed by atoms with Crippen LogP contribution in [0.5, 0.6) is 0 Å². The summed E-state index contributed by atoms with van der Waals surface area (Å²) in [4.78, 5) is 0. The zero-order chi connectivity index (χ0) is 19.3. The van der Waals surface area contributed by atoms with Crippen LogP contribution in [-0.2, 0) is 14.6 Å². The molecule has 0 heterocycles. The molecule has 0 spiro atoms. The van der Waals surface area contributed by atoms with E-state index in [0.29, 0.717) is 6.42 Å². The average molecular weight is 431 g/mol. The molecule has 0 radical (unpaired) electrons. The fourth-order valence-corrected chi connectivity index (χ4v) is 3.66. The number of rotatable bonds is 21. The van der Waals surface area contributed by atoms with Crippen LogP contribution in [0.3, 0.4) is 0 Å². The van der Waals surface area contributed by atoms with E-state index in [4.69, 9.17) is 0 Å². The topological polar surface area (TPSA) is 66.4 Å². The molecule has 0 aliphatic rings. The van der Waals surface area contributed by atoms with Gasteiger partial charge in [-0.25, -0.2) is 8.42 Å². The van der Waals surface area contributed by atoms with E-state index in [1.54, 1.807) is 0 Å². The van der Waals surface area contributed by atoms with Crippen molar-refractivity contribution in [2.24, 2.45) is 0 Å². The van der Waals surface area contributed by atoms with E-state index in [-0.39, 0.29) is 58.0 Å². The Kier molecular flexibility index (Phi) is 27.0. The molecule has 0 aromatic rings. The minimum absolute atomic E-state index is 0. The molecule has 0 saturated heterocycles. The Morgan fingerprint density at radius 3 is 1.07 bits per heavy atom. The van der Waals surface area contributed by atoms with Gasteiger partial charge in [0, 0.05) is 0 Å². The third-order valence-electron chi connectivity index (χ3n) is 4.98. The van der Waals surface area contributed by atoms with Crippen molar-refractivity contribution in [3.8, 4) is 0 Å². The molecule has 0 bridgehead atoms. The van der Waals surface area contributed by atoms with E-state index >= 15 is 0 Å². The Hall–Kier alpha value is 1.51. The summed E-state index contributed by atoms with van der Waals surface area (Å²) in [5.41, 5.74) is 0. The maximum Gasteiger partial charge on any atom is 1.00 e. The zero-order valence-corrected chi connectivity index (χ0v) is 22.1. The Morgan fingerprint density at radius 2 is 0.815 bits per heavy atom. The van der Waals surface area contributed by atoms with Crippen molar-refractivity contribution in [2.75, 3.05) is 6.61 Å². The van der Waals surface area contributed by atoms with Gasteiger partial charge in [-0.15, -0.1) is 0 Å². The maximum absolute atomic E-state index is 10.2. The minimum Gasteiger partial charge on any atom is -0.726 e. The van der Waals surface area contributed by atoms with Gasteiger partial charge in [0.25, 0.3) is 0 Å². The molecule has 0 rings (SSSR count). The Bertz CT molecular complexity index is 374. The molecule has 4 nitrogen and oxygen atoms in total. The van der Waals surface area contributed by atoms with Crippen LogP contribution in [-0.4, -0.2) is 19.6 Å². The second-order valence-electron chi connectivity index (χ2n) is 7.59. The SMILES string of the molecule is CCCCCCCCCCCCCCCCCCCCCOS(=O)(=O)[O-].[K+]. The summed E-state index contributed by atoms with van der Waals surface area (Å²) in [6, 6.07) is 0. The largest absolute Gasteiger partial charge is 1.00 e. The van der Waals surface area contributed by atoms with Crippen LogP contribution < -0.4 is 51.4 Å². The average Bonchev–Trinajstić information content (AvgIpc) is 2.59. The van der Waals surface area contributed by atoms with Crippen LogP contribution >= 0.6 is 0 Å². The van der Waals surface area contributed by atoms with Gasteiger partial charge in [0.2, 0.25) is 10.4 Å². The molecule has 0 saturated carbocycles. The Morgan fingerprint density at radius 1 is 0.556 bits per heavy atom. The van der Waals surface area contributed by atoms with Crippen LogP contribution in [0.4, 0.5) is 0 Å². The smallest absolute Gasteiger partial charge is 0.726 e. The molecule has 0 amide bonds. The summed E-state index contributed by atoms with van der Waals surface area (Å²) in [5.74, 6) is 0. The third kappa shape index (κ3) is 29.8. The van der Waals surface area contributed by atoms with Crippen molar-refractivity contribution >= 4 is 10.4 Å². The molecule has 0 aromatic heterocycles. The molecular weight excluding hydrogens is 387 g/mol. The number of hydrogen-bond donors (Lipinski definition) is 0. The number of unbranched alkanes of at least 4 members (excludes halogenated alkanes) is 18. The van der Waals surface area contributed by atoms with E-state index in [9.17, 15) is 13.0 Å². The predicted molar refractivity (Wildman–Crippen MR) is 109 cm³/mol. The van der Waals surface area contributed by atoms with Crippen molar-refractivity contribution in [1.82, 2.24) is 0 Å². The summed E-state index contributed by atoms with van der Waals surface area (Å²) in [7, 11) is -4.50. The molecule has 0 N–H and O–H groups in total. The molecule has 0 aliphatic carbocycles. The van der Waals surface area contributed by atoms with Gasteiger partial charge in [-0.05, 0) is 6.42 Å². The van der Waals surface area contributed by atoms with Gasteiger partial charge in [-0.3, -0.25) is 4.18 Å². The van der Waals surface area contributed by atoms with Crippen molar-refractivity contribution in [1.29, 1.82) is 0 Å². The molecule has 158 valence electrons. The summed E-state index contributed by atoms with van der Waals surface area (Å²) in [6.07, 6.45) is 24.7. The molecule has 0 aromatic carbocycles. The second kappa shape index (κ2) is 23.8. The van der Waals surface area contributed by atoms with Crippen LogP contribution in [0.15, 0.2) is 0 Å². The first-order valence-electron chi connectivity index (χ1n) is 11.2. The minimum atomic E-state index is -4.50. The summed E-state index contributed by atoms with van der Waals surface area (Å²) < 4.78 is 34.9. The van der Waals surface area contributed by atoms with Gasteiger partial charge < -0.3 is 4.55 Å². The second-order valence-corrected chi connectivity index (χ2v) is 8.65. The predicted octanol–water partition coefficient (Wildman–Crippen LogP) is 3.90. The van der Waals surface area contributed by atoms with Gasteiger partial charge in [0.05, 0.1) is 6.61 Å². The Labute approximate surface area is 212 Å². The zero-order valence-electron chi connectivity index (χ0n) is 18.2. The van der Waals surface area contributed by atoms with Crippen molar-refractivity contribution in [3.05, 3.63) is 0 Å². The normalized spacial score (nSPS) is 11.5. The van der Waals surface area contributed by atoms with Crippen LogP contribution in [0.25, 0.3) is 0 Å². The van der Waals surface area contributed by atoms with E-state index < -0.39 is 10.4 Å². The first kappa shape index (κ1) is 30.7.